The van der Waals surface area contributed by atoms with Crippen LogP contribution < -0.4 is 5.73 Å². The Bertz CT molecular complexity index is 356. The first-order chi connectivity index (χ1) is 6.56. The summed E-state index contributed by atoms with van der Waals surface area (Å²) < 4.78 is 13.0. The van der Waals surface area contributed by atoms with Gasteiger partial charge in [-0.2, -0.15) is 4.39 Å². The van der Waals surface area contributed by atoms with Crippen LogP contribution >= 0.6 is 0 Å². The number of rotatable bonds is 3. The summed E-state index contributed by atoms with van der Waals surface area (Å²) in [5.41, 5.74) is 5.13. The van der Waals surface area contributed by atoms with Crippen LogP contribution in [0.1, 0.15) is 11.6 Å². The molecule has 0 saturated heterocycles. The standard InChI is InChI=1S/C8H9FN2O3/c9-6-3-5(7(10)4-12)1-2-8(6)11(13)14/h1-3,7,12H,4,10H2. The number of nitro benzene ring substituents is 1. The highest BCUT2D eigenvalue weighted by atomic mass is 19.1. The molecule has 0 saturated carbocycles. The van der Waals surface area contributed by atoms with Crippen molar-refractivity contribution in [1.82, 2.24) is 0 Å². The number of nitro groups is 1. The molecular formula is C8H9FN2O3. The van der Waals surface area contributed by atoms with Crippen molar-refractivity contribution in [1.29, 1.82) is 0 Å². The number of aliphatic hydroxyl groups excluding tert-OH is 1. The molecule has 1 unspecified atom stereocenters. The van der Waals surface area contributed by atoms with E-state index < -0.39 is 22.5 Å². The lowest BCUT2D eigenvalue weighted by molar-refractivity contribution is -0.387. The van der Waals surface area contributed by atoms with Crippen LogP contribution in [-0.2, 0) is 0 Å². The Morgan fingerprint density at radius 3 is 2.71 bits per heavy atom. The van der Waals surface area contributed by atoms with E-state index in [1.165, 1.54) is 6.07 Å². The van der Waals surface area contributed by atoms with Crippen LogP contribution in [0.3, 0.4) is 0 Å². The summed E-state index contributed by atoms with van der Waals surface area (Å²) in [6, 6.07) is 2.59. The average molecular weight is 200 g/mol. The second kappa shape index (κ2) is 4.12. The zero-order valence-corrected chi connectivity index (χ0v) is 7.18. The van der Waals surface area contributed by atoms with Gasteiger partial charge in [0.25, 0.3) is 0 Å². The van der Waals surface area contributed by atoms with E-state index in [9.17, 15) is 14.5 Å². The van der Waals surface area contributed by atoms with Crippen molar-refractivity contribution in [3.8, 4) is 0 Å². The molecule has 6 heteroatoms. The Labute approximate surface area is 79.1 Å². The predicted octanol–water partition coefficient (Wildman–Crippen LogP) is 0.726. The van der Waals surface area contributed by atoms with Crippen molar-refractivity contribution in [2.45, 2.75) is 6.04 Å². The summed E-state index contributed by atoms with van der Waals surface area (Å²) in [5, 5.41) is 18.9. The fraction of sp³-hybridized carbons (Fsp3) is 0.250. The van der Waals surface area contributed by atoms with E-state index in [0.717, 1.165) is 12.1 Å². The Morgan fingerprint density at radius 2 is 2.29 bits per heavy atom. The number of halogens is 1. The first-order valence-corrected chi connectivity index (χ1v) is 3.86. The van der Waals surface area contributed by atoms with Gasteiger partial charge in [-0.05, 0) is 11.6 Å². The molecule has 0 amide bonds. The molecule has 5 nitrogen and oxygen atoms in total. The molecule has 1 atom stereocenters. The molecule has 0 heterocycles. The number of hydrogen-bond donors (Lipinski definition) is 2. The maximum Gasteiger partial charge on any atom is 0.304 e. The van der Waals surface area contributed by atoms with Gasteiger partial charge in [-0.3, -0.25) is 10.1 Å². The van der Waals surface area contributed by atoms with E-state index in [1.54, 1.807) is 0 Å². The third-order valence-corrected chi connectivity index (χ3v) is 1.79. The highest BCUT2D eigenvalue weighted by molar-refractivity contribution is 5.36. The van der Waals surface area contributed by atoms with Crippen molar-refractivity contribution >= 4 is 5.69 Å². The number of hydrogen-bond acceptors (Lipinski definition) is 4. The third kappa shape index (κ3) is 2.04. The Morgan fingerprint density at radius 1 is 1.64 bits per heavy atom. The SMILES string of the molecule is NC(CO)c1ccc([N+](=O)[O-])c(F)c1. The van der Waals surface area contributed by atoms with Gasteiger partial charge in [0, 0.05) is 6.07 Å². The molecule has 1 rings (SSSR count). The smallest absolute Gasteiger partial charge is 0.304 e. The third-order valence-electron chi connectivity index (χ3n) is 1.79. The van der Waals surface area contributed by atoms with Crippen LogP contribution in [0.25, 0.3) is 0 Å². The number of nitrogens with two attached hydrogens (primary N) is 1. The van der Waals surface area contributed by atoms with Crippen molar-refractivity contribution in [2.75, 3.05) is 6.61 Å². The van der Waals surface area contributed by atoms with Gasteiger partial charge in [0.05, 0.1) is 17.6 Å². The molecule has 0 spiro atoms. The van der Waals surface area contributed by atoms with Gasteiger partial charge in [-0.25, -0.2) is 0 Å². The molecule has 1 aromatic rings. The Balaban J connectivity index is 3.06. The highest BCUT2D eigenvalue weighted by Crippen LogP contribution is 2.20. The number of benzene rings is 1. The van der Waals surface area contributed by atoms with E-state index in [1.807, 2.05) is 0 Å². The first kappa shape index (κ1) is 10.6. The predicted molar refractivity (Wildman–Crippen MR) is 47.1 cm³/mol. The molecule has 0 aliphatic heterocycles. The van der Waals surface area contributed by atoms with E-state index in [2.05, 4.69) is 0 Å². The maximum absolute atomic E-state index is 13.0. The van der Waals surface area contributed by atoms with Crippen LogP contribution in [0.4, 0.5) is 10.1 Å². The highest BCUT2D eigenvalue weighted by Gasteiger charge is 2.15. The van der Waals surface area contributed by atoms with Crippen LogP contribution in [0, 0.1) is 15.9 Å². The second-order valence-corrected chi connectivity index (χ2v) is 2.76. The van der Waals surface area contributed by atoms with Gasteiger partial charge in [0.15, 0.2) is 0 Å². The zero-order valence-electron chi connectivity index (χ0n) is 7.18. The Kier molecular flexibility index (Phi) is 3.10. The van der Waals surface area contributed by atoms with Gasteiger partial charge in [-0.1, -0.05) is 6.07 Å². The maximum atomic E-state index is 13.0. The van der Waals surface area contributed by atoms with Crippen LogP contribution in [0.2, 0.25) is 0 Å². The quantitative estimate of drug-likeness (QED) is 0.555. The molecule has 1 aromatic carbocycles. The van der Waals surface area contributed by atoms with Crippen molar-refractivity contribution in [3.63, 3.8) is 0 Å². The van der Waals surface area contributed by atoms with Gasteiger partial charge in [0.2, 0.25) is 5.82 Å². The molecule has 0 aliphatic carbocycles. The van der Waals surface area contributed by atoms with Crippen LogP contribution in [0.15, 0.2) is 18.2 Å². The lowest BCUT2D eigenvalue weighted by atomic mass is 10.1. The largest absolute Gasteiger partial charge is 0.394 e. The molecule has 0 aliphatic rings. The van der Waals surface area contributed by atoms with Crippen molar-refractivity contribution in [3.05, 3.63) is 39.7 Å². The minimum absolute atomic E-state index is 0.329. The van der Waals surface area contributed by atoms with E-state index in [-0.39, 0.29) is 6.61 Å². The second-order valence-electron chi connectivity index (χ2n) is 2.76. The van der Waals surface area contributed by atoms with Crippen LogP contribution in [0.5, 0.6) is 0 Å². The molecular weight excluding hydrogens is 191 g/mol. The summed E-state index contributed by atoms with van der Waals surface area (Å²) >= 11 is 0. The summed E-state index contributed by atoms with van der Waals surface area (Å²) in [7, 11) is 0. The molecule has 0 bridgehead atoms. The molecule has 0 radical (unpaired) electrons. The molecule has 76 valence electrons. The first-order valence-electron chi connectivity index (χ1n) is 3.86. The number of aliphatic hydroxyl groups is 1. The minimum Gasteiger partial charge on any atom is -0.394 e. The van der Waals surface area contributed by atoms with Gasteiger partial charge in [0.1, 0.15) is 0 Å². The minimum atomic E-state index is -0.948. The number of nitrogens with zero attached hydrogens (tertiary/aromatic N) is 1. The molecule has 0 aromatic heterocycles. The zero-order chi connectivity index (χ0) is 10.7. The van der Waals surface area contributed by atoms with Crippen LogP contribution in [-0.4, -0.2) is 16.6 Å². The summed E-state index contributed by atoms with van der Waals surface area (Å²) in [5.74, 6) is -0.948. The summed E-state index contributed by atoms with van der Waals surface area (Å²) in [6.07, 6.45) is 0. The lowest BCUT2D eigenvalue weighted by Crippen LogP contribution is -2.14. The summed E-state index contributed by atoms with van der Waals surface area (Å²) in [6.45, 7) is -0.336. The monoisotopic (exact) mass is 200 g/mol. The topological polar surface area (TPSA) is 89.4 Å². The van der Waals surface area contributed by atoms with E-state index in [0.29, 0.717) is 5.56 Å². The molecule has 0 fully saturated rings. The van der Waals surface area contributed by atoms with E-state index >= 15 is 0 Å². The van der Waals surface area contributed by atoms with Gasteiger partial charge >= 0.3 is 5.69 Å². The average Bonchev–Trinajstić information content (AvgIpc) is 2.15. The fourth-order valence-electron chi connectivity index (χ4n) is 1.01. The molecule has 3 N–H and O–H groups in total. The van der Waals surface area contributed by atoms with Crippen molar-refractivity contribution in [2.24, 2.45) is 5.73 Å². The van der Waals surface area contributed by atoms with Gasteiger partial charge in [-0.15, -0.1) is 0 Å². The molecule has 14 heavy (non-hydrogen) atoms. The normalized spacial score (nSPS) is 12.5. The Hall–Kier alpha value is -1.53. The van der Waals surface area contributed by atoms with Crippen molar-refractivity contribution < 1.29 is 14.4 Å². The fourth-order valence-corrected chi connectivity index (χ4v) is 1.01. The summed E-state index contributed by atoms with van der Waals surface area (Å²) in [4.78, 5) is 9.44. The van der Waals surface area contributed by atoms with E-state index in [4.69, 9.17) is 10.8 Å². The van der Waals surface area contributed by atoms with Gasteiger partial charge < -0.3 is 10.8 Å². The lowest BCUT2D eigenvalue weighted by Gasteiger charge is -2.07.